The molecule has 14 nitrogen and oxygen atoms in total. The van der Waals surface area contributed by atoms with Crippen molar-refractivity contribution >= 4 is 5.91 Å². The van der Waals surface area contributed by atoms with Gasteiger partial charge in [-0.2, -0.15) is 0 Å². The van der Waals surface area contributed by atoms with Gasteiger partial charge in [-0.15, -0.1) is 0 Å². The average Bonchev–Trinajstić information content (AvgIpc) is 3.42. The molecule has 12 unspecified atom stereocenters. The van der Waals surface area contributed by atoms with E-state index in [9.17, 15) is 45.6 Å². The number of hydrogen-bond acceptors (Lipinski definition) is 13. The highest BCUT2D eigenvalue weighted by atomic mass is 16.7. The Labute approximate surface area is 458 Å². The summed E-state index contributed by atoms with van der Waals surface area (Å²) in [5.41, 5.74) is 0. The first-order valence-electron chi connectivity index (χ1n) is 29.5. The van der Waals surface area contributed by atoms with Crippen molar-refractivity contribution in [1.29, 1.82) is 0 Å². The first-order valence-corrected chi connectivity index (χ1v) is 29.5. The van der Waals surface area contributed by atoms with Gasteiger partial charge in [0.05, 0.1) is 32.0 Å². The van der Waals surface area contributed by atoms with E-state index in [2.05, 4.69) is 104 Å². The molecule has 2 heterocycles. The first-order chi connectivity index (χ1) is 37.1. The number of allylic oxidation sites excluding steroid dienone is 15. The lowest BCUT2D eigenvalue weighted by Gasteiger charge is -2.46. The summed E-state index contributed by atoms with van der Waals surface area (Å²) in [6, 6.07) is -0.941. The highest BCUT2D eigenvalue weighted by molar-refractivity contribution is 5.76. The van der Waals surface area contributed by atoms with Crippen LogP contribution in [0.4, 0.5) is 0 Å². The Morgan fingerprint density at radius 2 is 0.921 bits per heavy atom. The second kappa shape index (κ2) is 46.8. The number of nitrogens with one attached hydrogen (secondary N) is 1. The van der Waals surface area contributed by atoms with Crippen molar-refractivity contribution in [3.8, 4) is 0 Å². The Morgan fingerprint density at radius 1 is 0.487 bits per heavy atom. The van der Waals surface area contributed by atoms with Crippen LogP contribution in [-0.2, 0) is 23.7 Å². The molecule has 2 saturated heterocycles. The average molecular weight is 1070 g/mol. The lowest BCUT2D eigenvalue weighted by molar-refractivity contribution is -0.359. The molecule has 0 aromatic carbocycles. The fourth-order valence-corrected chi connectivity index (χ4v) is 9.00. The van der Waals surface area contributed by atoms with Crippen LogP contribution in [0.15, 0.2) is 97.2 Å². The number of rotatable bonds is 45. The van der Waals surface area contributed by atoms with Gasteiger partial charge in [-0.05, 0) is 83.5 Å². The van der Waals surface area contributed by atoms with Crippen LogP contribution in [-0.4, -0.2) is 140 Å². The van der Waals surface area contributed by atoms with E-state index >= 15 is 0 Å². The minimum absolute atomic E-state index is 0.260. The van der Waals surface area contributed by atoms with Gasteiger partial charge < -0.3 is 65.1 Å². The maximum Gasteiger partial charge on any atom is 0.220 e. The van der Waals surface area contributed by atoms with Crippen LogP contribution in [0, 0.1) is 0 Å². The molecule has 1 amide bonds. The molecule has 2 fully saturated rings. The molecule has 76 heavy (non-hydrogen) atoms. The normalized spacial score (nSPS) is 25.6. The topological polar surface area (TPSA) is 228 Å². The van der Waals surface area contributed by atoms with Gasteiger partial charge in [0.2, 0.25) is 5.91 Å². The molecule has 14 heteroatoms. The second-order valence-electron chi connectivity index (χ2n) is 20.4. The largest absolute Gasteiger partial charge is 0.394 e. The standard InChI is InChI=1S/C62H105NO13/c1-3-5-7-9-11-13-15-16-17-18-19-20-21-22-23-24-25-26-27-28-29-30-31-32-33-34-36-38-40-42-44-46-54(67)63-50(51(66)45-43-41-39-37-35-14-12-10-8-6-4-2)49-73-61-59(72)57(70)60(53(48-65)75-61)76-62-58(71)56(69)55(68)52(47-64)74-62/h5,7-8,10-11,13,16-17,19-20,22-23,35,37,43,45,50-53,55-62,64-66,68-72H,3-4,6,9,12,14-15,18,21,24-34,36,38-42,44,46-49H2,1-2H3,(H,63,67)/b7-5-,10-8+,13-11-,17-16-,20-19-,23-22-,37-35+,45-43+. The zero-order valence-electron chi connectivity index (χ0n) is 46.7. The Bertz CT molecular complexity index is 1640. The Balaban J connectivity index is 1.66. The van der Waals surface area contributed by atoms with Gasteiger partial charge in [0.15, 0.2) is 12.6 Å². The summed E-state index contributed by atoms with van der Waals surface area (Å²) in [6.07, 6.45) is 47.6. The molecule has 0 saturated carbocycles. The molecular weight excluding hydrogens is 967 g/mol. The van der Waals surface area contributed by atoms with Gasteiger partial charge in [-0.1, -0.05) is 201 Å². The molecule has 0 aromatic rings. The molecule has 9 N–H and O–H groups in total. The maximum absolute atomic E-state index is 13.2. The summed E-state index contributed by atoms with van der Waals surface area (Å²) >= 11 is 0. The number of carbonyl (C=O) groups is 1. The Morgan fingerprint density at radius 3 is 1.43 bits per heavy atom. The van der Waals surface area contributed by atoms with Crippen LogP contribution in [0.25, 0.3) is 0 Å². The summed E-state index contributed by atoms with van der Waals surface area (Å²) in [4.78, 5) is 13.2. The zero-order valence-corrected chi connectivity index (χ0v) is 46.7. The summed E-state index contributed by atoms with van der Waals surface area (Å²) in [5.74, 6) is -0.260. The molecule has 0 aromatic heterocycles. The third kappa shape index (κ3) is 32.1. The summed E-state index contributed by atoms with van der Waals surface area (Å²) < 4.78 is 22.7. The number of amides is 1. The number of aliphatic hydroxyl groups is 8. The van der Waals surface area contributed by atoms with E-state index in [0.717, 1.165) is 83.5 Å². The number of aliphatic hydroxyl groups excluding tert-OH is 8. The van der Waals surface area contributed by atoms with E-state index in [1.165, 1.54) is 77.0 Å². The van der Waals surface area contributed by atoms with Crippen molar-refractivity contribution in [2.24, 2.45) is 0 Å². The van der Waals surface area contributed by atoms with Gasteiger partial charge in [0.25, 0.3) is 0 Å². The zero-order chi connectivity index (χ0) is 55.3. The first kappa shape index (κ1) is 69.0. The quantitative estimate of drug-likeness (QED) is 0.0205. The summed E-state index contributed by atoms with van der Waals surface area (Å²) in [5, 5.41) is 86.8. The fraction of sp³-hybridized carbons (Fsp3) is 0.726. The van der Waals surface area contributed by atoms with Gasteiger partial charge in [-0.3, -0.25) is 4.79 Å². The lowest BCUT2D eigenvalue weighted by Crippen LogP contribution is -2.65. The molecule has 436 valence electrons. The lowest BCUT2D eigenvalue weighted by atomic mass is 9.97. The van der Waals surface area contributed by atoms with Crippen molar-refractivity contribution in [3.63, 3.8) is 0 Å². The van der Waals surface area contributed by atoms with Crippen LogP contribution in [0.2, 0.25) is 0 Å². The molecule has 2 rings (SSSR count). The van der Waals surface area contributed by atoms with Gasteiger partial charge in [0.1, 0.15) is 48.8 Å². The van der Waals surface area contributed by atoms with Crippen LogP contribution < -0.4 is 5.32 Å². The van der Waals surface area contributed by atoms with E-state index in [-0.39, 0.29) is 18.9 Å². The van der Waals surface area contributed by atoms with E-state index in [0.29, 0.717) is 12.8 Å². The predicted octanol–water partition coefficient (Wildman–Crippen LogP) is 9.88. The third-order valence-corrected chi connectivity index (χ3v) is 13.7. The summed E-state index contributed by atoms with van der Waals surface area (Å²) in [7, 11) is 0. The van der Waals surface area contributed by atoms with Crippen LogP contribution in [0.1, 0.15) is 194 Å². The number of hydrogen-bond donors (Lipinski definition) is 9. The molecule has 2 aliphatic heterocycles. The predicted molar refractivity (Wildman–Crippen MR) is 304 cm³/mol. The van der Waals surface area contributed by atoms with Crippen LogP contribution in [0.5, 0.6) is 0 Å². The minimum atomic E-state index is -1.79. The van der Waals surface area contributed by atoms with E-state index in [4.69, 9.17) is 18.9 Å². The van der Waals surface area contributed by atoms with Crippen molar-refractivity contribution in [2.75, 3.05) is 19.8 Å². The van der Waals surface area contributed by atoms with Crippen molar-refractivity contribution in [2.45, 2.75) is 267 Å². The van der Waals surface area contributed by atoms with E-state index in [1.807, 2.05) is 6.08 Å². The monoisotopic (exact) mass is 1070 g/mol. The van der Waals surface area contributed by atoms with Crippen LogP contribution >= 0.6 is 0 Å². The third-order valence-electron chi connectivity index (χ3n) is 13.7. The van der Waals surface area contributed by atoms with Crippen LogP contribution in [0.3, 0.4) is 0 Å². The molecular formula is C62H105NO13. The molecule has 2 aliphatic rings. The molecule has 0 bridgehead atoms. The molecule has 0 spiro atoms. The number of ether oxygens (including phenoxy) is 4. The smallest absolute Gasteiger partial charge is 0.220 e. The number of carbonyl (C=O) groups excluding carboxylic acids is 1. The van der Waals surface area contributed by atoms with Crippen molar-refractivity contribution in [1.82, 2.24) is 5.32 Å². The molecule has 0 aliphatic carbocycles. The van der Waals surface area contributed by atoms with E-state index < -0.39 is 86.8 Å². The van der Waals surface area contributed by atoms with Crippen molar-refractivity contribution in [3.05, 3.63) is 97.2 Å². The highest BCUT2D eigenvalue weighted by Gasteiger charge is 2.51. The fourth-order valence-electron chi connectivity index (χ4n) is 9.00. The summed E-state index contributed by atoms with van der Waals surface area (Å²) in [6.45, 7) is 2.56. The minimum Gasteiger partial charge on any atom is -0.394 e. The van der Waals surface area contributed by atoms with E-state index in [1.54, 1.807) is 6.08 Å². The maximum atomic E-state index is 13.2. The van der Waals surface area contributed by atoms with Crippen molar-refractivity contribution < 1.29 is 64.6 Å². The Hall–Kier alpha value is -3.09. The highest BCUT2D eigenvalue weighted by Crippen LogP contribution is 2.30. The van der Waals surface area contributed by atoms with Gasteiger partial charge >= 0.3 is 0 Å². The Kier molecular flexibility index (Phi) is 42.5. The second-order valence-corrected chi connectivity index (χ2v) is 20.4. The SMILES string of the molecule is CC/C=C\C/C=C\C/C=C\C/C=C\C/C=C\CCCCCCCCCCCCCCCCCC(=O)NC(COC1OC(CO)C(OC2OC(CO)C(O)C(O)C2O)C(O)C1O)C(O)/C=C/CC/C=C/CC/C=C/CCC. The molecule has 0 radical (unpaired) electrons. The van der Waals surface area contributed by atoms with Gasteiger partial charge in [-0.25, -0.2) is 0 Å². The van der Waals surface area contributed by atoms with Gasteiger partial charge in [0, 0.05) is 6.42 Å². The molecule has 12 atom stereocenters. The number of unbranched alkanes of at least 4 members (excludes halogenated alkanes) is 18.